The van der Waals surface area contributed by atoms with E-state index in [0.29, 0.717) is 11.5 Å². The molecule has 1 saturated heterocycles. The fourth-order valence-corrected chi connectivity index (χ4v) is 2.87. The van der Waals surface area contributed by atoms with Crippen LogP contribution in [0.3, 0.4) is 0 Å². The maximum absolute atomic E-state index is 9.83. The lowest BCUT2D eigenvalue weighted by atomic mass is 9.97. The van der Waals surface area contributed by atoms with E-state index in [9.17, 15) is 10.2 Å². The molecule has 1 aromatic rings. The van der Waals surface area contributed by atoms with Crippen LogP contribution in [0.2, 0.25) is 0 Å². The van der Waals surface area contributed by atoms with Crippen molar-refractivity contribution in [2.45, 2.75) is 25.8 Å². The maximum Gasteiger partial charge on any atom is 0.124 e. The summed E-state index contributed by atoms with van der Waals surface area (Å²) in [5.74, 6) is 0.954. The van der Waals surface area contributed by atoms with E-state index in [2.05, 4.69) is 17.3 Å². The van der Waals surface area contributed by atoms with Crippen molar-refractivity contribution in [2.75, 3.05) is 26.7 Å². The molecule has 106 valence electrons. The number of hydrogen-bond donors (Lipinski definition) is 3. The summed E-state index contributed by atoms with van der Waals surface area (Å²) in [4.78, 5) is 2.36. The highest BCUT2D eigenvalue weighted by molar-refractivity contribution is 5.44. The maximum atomic E-state index is 9.83. The van der Waals surface area contributed by atoms with Gasteiger partial charge >= 0.3 is 0 Å². The molecule has 1 heterocycles. The van der Waals surface area contributed by atoms with Gasteiger partial charge in [0.25, 0.3) is 0 Å². The molecule has 3 N–H and O–H groups in total. The normalized spacial score (nSPS) is 22.3. The standard InChI is InChI=1S/C15H24N2O2/c1-11(15-13(18)6-3-7-14(15)19)16-9-12-5-4-8-17(2)10-12/h3,6-7,11-12,16,18-19H,4-5,8-10H2,1-2H3. The monoisotopic (exact) mass is 264 g/mol. The summed E-state index contributed by atoms with van der Waals surface area (Å²) >= 11 is 0. The molecule has 4 nitrogen and oxygen atoms in total. The smallest absolute Gasteiger partial charge is 0.124 e. The lowest BCUT2D eigenvalue weighted by Crippen LogP contribution is -2.38. The second-order valence-electron chi connectivity index (χ2n) is 5.61. The molecule has 1 aliphatic rings. The van der Waals surface area contributed by atoms with E-state index in [1.54, 1.807) is 18.2 Å². The Morgan fingerprint density at radius 2 is 2.05 bits per heavy atom. The Labute approximate surface area is 115 Å². The van der Waals surface area contributed by atoms with E-state index in [1.165, 1.54) is 19.4 Å². The number of phenols is 2. The Morgan fingerprint density at radius 1 is 1.37 bits per heavy atom. The van der Waals surface area contributed by atoms with Gasteiger partial charge < -0.3 is 20.4 Å². The summed E-state index contributed by atoms with van der Waals surface area (Å²) in [6.07, 6.45) is 2.50. The zero-order chi connectivity index (χ0) is 13.8. The number of aromatic hydroxyl groups is 2. The van der Waals surface area contributed by atoms with E-state index in [4.69, 9.17) is 0 Å². The molecular weight excluding hydrogens is 240 g/mol. The van der Waals surface area contributed by atoms with E-state index < -0.39 is 0 Å². The van der Waals surface area contributed by atoms with E-state index >= 15 is 0 Å². The SMILES string of the molecule is CC(NCC1CCCN(C)C1)c1c(O)cccc1O. The quantitative estimate of drug-likeness (QED) is 0.779. The highest BCUT2D eigenvalue weighted by atomic mass is 16.3. The summed E-state index contributed by atoms with van der Waals surface area (Å²) in [5.41, 5.74) is 0.590. The van der Waals surface area contributed by atoms with Crippen LogP contribution in [0.1, 0.15) is 31.4 Å². The first kappa shape index (κ1) is 14.2. The summed E-state index contributed by atoms with van der Waals surface area (Å²) in [6, 6.07) is 4.83. The highest BCUT2D eigenvalue weighted by Gasteiger charge is 2.19. The van der Waals surface area contributed by atoms with Gasteiger partial charge in [0.15, 0.2) is 0 Å². The summed E-state index contributed by atoms with van der Waals surface area (Å²) in [5, 5.41) is 23.1. The molecule has 0 spiro atoms. The predicted molar refractivity (Wildman–Crippen MR) is 76.4 cm³/mol. The molecule has 0 aliphatic carbocycles. The van der Waals surface area contributed by atoms with Crippen molar-refractivity contribution in [3.8, 4) is 11.5 Å². The number of nitrogens with zero attached hydrogens (tertiary/aromatic N) is 1. The van der Waals surface area contributed by atoms with Gasteiger partial charge in [0.05, 0.1) is 5.56 Å². The van der Waals surface area contributed by atoms with Crippen molar-refractivity contribution in [3.63, 3.8) is 0 Å². The van der Waals surface area contributed by atoms with Crippen molar-refractivity contribution >= 4 is 0 Å². The second kappa shape index (κ2) is 6.26. The van der Waals surface area contributed by atoms with Crippen LogP contribution in [0.25, 0.3) is 0 Å². The average molecular weight is 264 g/mol. The predicted octanol–water partition coefficient (Wildman–Crippen LogP) is 2.09. The molecule has 2 unspecified atom stereocenters. The minimum Gasteiger partial charge on any atom is -0.507 e. The van der Waals surface area contributed by atoms with Crippen LogP contribution in [-0.4, -0.2) is 41.8 Å². The van der Waals surface area contributed by atoms with Gasteiger partial charge in [-0.2, -0.15) is 0 Å². The van der Waals surface area contributed by atoms with Crippen molar-refractivity contribution < 1.29 is 10.2 Å². The van der Waals surface area contributed by atoms with Crippen molar-refractivity contribution in [3.05, 3.63) is 23.8 Å². The fourth-order valence-electron chi connectivity index (χ4n) is 2.87. The van der Waals surface area contributed by atoms with Gasteiger partial charge in [-0.05, 0) is 58.0 Å². The van der Waals surface area contributed by atoms with Gasteiger partial charge in [0.1, 0.15) is 11.5 Å². The van der Waals surface area contributed by atoms with Crippen LogP contribution in [0.4, 0.5) is 0 Å². The zero-order valence-corrected chi connectivity index (χ0v) is 11.8. The van der Waals surface area contributed by atoms with Crippen molar-refractivity contribution in [1.29, 1.82) is 0 Å². The number of likely N-dealkylation sites (tertiary alicyclic amines) is 1. The van der Waals surface area contributed by atoms with E-state index in [-0.39, 0.29) is 17.5 Å². The van der Waals surface area contributed by atoms with Crippen LogP contribution in [0.15, 0.2) is 18.2 Å². The van der Waals surface area contributed by atoms with Crippen molar-refractivity contribution in [1.82, 2.24) is 10.2 Å². The summed E-state index contributed by atoms with van der Waals surface area (Å²) < 4.78 is 0. The molecule has 4 heteroatoms. The number of phenolic OH excluding ortho intramolecular Hbond substituents is 2. The lowest BCUT2D eigenvalue weighted by Gasteiger charge is -2.30. The molecule has 0 amide bonds. The topological polar surface area (TPSA) is 55.7 Å². The third kappa shape index (κ3) is 3.61. The molecule has 1 aromatic carbocycles. The van der Waals surface area contributed by atoms with Gasteiger partial charge in [0.2, 0.25) is 0 Å². The number of piperidine rings is 1. The molecule has 19 heavy (non-hydrogen) atoms. The second-order valence-corrected chi connectivity index (χ2v) is 5.61. The third-order valence-electron chi connectivity index (χ3n) is 3.93. The van der Waals surface area contributed by atoms with Crippen LogP contribution in [0, 0.1) is 5.92 Å². The summed E-state index contributed by atoms with van der Waals surface area (Å²) in [6.45, 7) is 5.19. The first-order chi connectivity index (χ1) is 9.08. The van der Waals surface area contributed by atoms with Crippen LogP contribution >= 0.6 is 0 Å². The summed E-state index contributed by atoms with van der Waals surface area (Å²) in [7, 11) is 2.16. The molecule has 0 bridgehead atoms. The minimum atomic E-state index is -0.0477. The number of rotatable bonds is 4. The van der Waals surface area contributed by atoms with Gasteiger partial charge in [-0.15, -0.1) is 0 Å². The molecule has 2 atom stereocenters. The molecule has 0 saturated carbocycles. The minimum absolute atomic E-state index is 0.0477. The Hall–Kier alpha value is -1.26. The third-order valence-corrected chi connectivity index (χ3v) is 3.93. The first-order valence-electron chi connectivity index (χ1n) is 7.00. The molecule has 1 fully saturated rings. The lowest BCUT2D eigenvalue weighted by molar-refractivity contribution is 0.203. The van der Waals surface area contributed by atoms with Gasteiger partial charge in [-0.25, -0.2) is 0 Å². The largest absolute Gasteiger partial charge is 0.507 e. The van der Waals surface area contributed by atoms with Gasteiger partial charge in [-0.1, -0.05) is 6.07 Å². The van der Waals surface area contributed by atoms with E-state index in [1.807, 2.05) is 6.92 Å². The van der Waals surface area contributed by atoms with Gasteiger partial charge in [0, 0.05) is 12.6 Å². The van der Waals surface area contributed by atoms with Crippen LogP contribution in [0.5, 0.6) is 11.5 Å². The molecule has 0 radical (unpaired) electrons. The van der Waals surface area contributed by atoms with Crippen LogP contribution in [-0.2, 0) is 0 Å². The highest BCUT2D eigenvalue weighted by Crippen LogP contribution is 2.32. The van der Waals surface area contributed by atoms with Crippen molar-refractivity contribution in [2.24, 2.45) is 5.92 Å². The Kier molecular flexibility index (Phi) is 4.66. The van der Waals surface area contributed by atoms with Gasteiger partial charge in [-0.3, -0.25) is 0 Å². The fraction of sp³-hybridized carbons (Fsp3) is 0.600. The zero-order valence-electron chi connectivity index (χ0n) is 11.8. The molecule has 2 rings (SSSR count). The first-order valence-corrected chi connectivity index (χ1v) is 7.00. The Morgan fingerprint density at radius 3 is 2.68 bits per heavy atom. The molecule has 0 aromatic heterocycles. The number of benzene rings is 1. The van der Waals surface area contributed by atoms with Crippen LogP contribution < -0.4 is 5.32 Å². The molecule has 1 aliphatic heterocycles. The number of nitrogens with one attached hydrogen (secondary N) is 1. The number of hydrogen-bond acceptors (Lipinski definition) is 4. The Bertz CT molecular complexity index is 402. The van der Waals surface area contributed by atoms with E-state index in [0.717, 1.165) is 13.1 Å². The average Bonchev–Trinajstić information content (AvgIpc) is 2.36. The molecular formula is C15H24N2O2. The Balaban J connectivity index is 1.92.